The highest BCUT2D eigenvalue weighted by atomic mass is 16.7. The molecule has 0 heterocycles. The van der Waals surface area contributed by atoms with Crippen LogP contribution in [0.5, 0.6) is 0 Å². The number of rotatable bonds is 7. The zero-order valence-corrected chi connectivity index (χ0v) is 12.5. The van der Waals surface area contributed by atoms with Crippen molar-refractivity contribution in [1.29, 1.82) is 0 Å². The van der Waals surface area contributed by atoms with E-state index >= 15 is 0 Å². The number of nitrogens with one attached hydrogen (secondary N) is 2. The topological polar surface area (TPSA) is 115 Å². The molecule has 20 heavy (non-hydrogen) atoms. The Morgan fingerprint density at radius 1 is 1.25 bits per heavy atom. The Bertz CT molecular complexity index is 350. The van der Waals surface area contributed by atoms with Gasteiger partial charge in [0.15, 0.2) is 5.84 Å². The first-order valence-corrected chi connectivity index (χ1v) is 6.44. The van der Waals surface area contributed by atoms with E-state index in [0.29, 0.717) is 6.54 Å². The highest BCUT2D eigenvalue weighted by Gasteiger charge is 2.15. The van der Waals surface area contributed by atoms with Gasteiger partial charge >= 0.3 is 12.1 Å². The first-order valence-electron chi connectivity index (χ1n) is 6.44. The summed E-state index contributed by atoms with van der Waals surface area (Å²) >= 11 is 0. The summed E-state index contributed by atoms with van der Waals surface area (Å²) in [5.41, 5.74) is 4.88. The number of hydrogen-bond acceptors (Lipinski definition) is 6. The van der Waals surface area contributed by atoms with Gasteiger partial charge in [-0.15, -0.1) is 0 Å². The maximum absolute atomic E-state index is 11.3. The van der Waals surface area contributed by atoms with Gasteiger partial charge in [-0.3, -0.25) is 0 Å². The van der Waals surface area contributed by atoms with E-state index in [1.54, 1.807) is 20.8 Å². The summed E-state index contributed by atoms with van der Waals surface area (Å²) in [7, 11) is 0. The summed E-state index contributed by atoms with van der Waals surface area (Å²) in [6.45, 7) is 7.93. The number of carbonyl (C=O) groups is 2. The second-order valence-corrected chi connectivity index (χ2v) is 5.08. The fraction of sp³-hybridized carbons (Fsp3) is 0.750. The summed E-state index contributed by atoms with van der Waals surface area (Å²) in [5.74, 6) is -0.571. The van der Waals surface area contributed by atoms with E-state index in [1.165, 1.54) is 0 Å². The van der Waals surface area contributed by atoms with Gasteiger partial charge in [-0.05, 0) is 33.7 Å². The normalized spacial score (nSPS) is 11.9. The van der Waals surface area contributed by atoms with Gasteiger partial charge in [0.05, 0.1) is 13.1 Å². The van der Waals surface area contributed by atoms with Crippen LogP contribution in [-0.4, -0.2) is 43.1 Å². The Morgan fingerprint density at radius 2 is 1.90 bits per heavy atom. The van der Waals surface area contributed by atoms with Gasteiger partial charge in [0.1, 0.15) is 5.60 Å². The molecule has 0 unspecified atom stereocenters. The molecule has 0 aromatic carbocycles. The molecule has 0 fully saturated rings. The molecular formula is C12H24N4O4. The molecule has 116 valence electrons. The molecule has 8 nitrogen and oxygen atoms in total. The summed E-state index contributed by atoms with van der Waals surface area (Å²) in [6, 6.07) is 0. The average Bonchev–Trinajstić information content (AvgIpc) is 2.32. The molecule has 0 saturated carbocycles. The smallest absolute Gasteiger partial charge is 0.408 e. The number of ether oxygens (including phenoxy) is 1. The van der Waals surface area contributed by atoms with E-state index in [0.717, 1.165) is 6.42 Å². The number of hydrogen-bond donors (Lipinski definition) is 3. The minimum atomic E-state index is -0.619. The first-order chi connectivity index (χ1) is 9.24. The first kappa shape index (κ1) is 18.2. The Labute approximate surface area is 119 Å². The molecular weight excluding hydrogens is 264 g/mol. The van der Waals surface area contributed by atoms with Gasteiger partial charge in [-0.1, -0.05) is 12.1 Å². The third-order valence-corrected chi connectivity index (χ3v) is 1.77. The third-order valence-electron chi connectivity index (χ3n) is 1.77. The third kappa shape index (κ3) is 11.3. The van der Waals surface area contributed by atoms with Gasteiger partial charge in [0.2, 0.25) is 0 Å². The number of carbonyl (C=O) groups excluding carboxylic acids is 2. The van der Waals surface area contributed by atoms with Crippen LogP contribution in [-0.2, 0) is 14.4 Å². The van der Waals surface area contributed by atoms with Crippen molar-refractivity contribution in [3.05, 3.63) is 0 Å². The Kier molecular flexibility index (Phi) is 8.30. The fourth-order valence-corrected chi connectivity index (χ4v) is 1.02. The average molecular weight is 288 g/mol. The molecule has 0 spiro atoms. The van der Waals surface area contributed by atoms with Gasteiger partial charge in [0.25, 0.3) is 0 Å². The lowest BCUT2D eigenvalue weighted by Crippen LogP contribution is -2.38. The summed E-state index contributed by atoms with van der Waals surface area (Å²) in [5, 5.41) is 8.66. The predicted molar refractivity (Wildman–Crippen MR) is 75.1 cm³/mol. The monoisotopic (exact) mass is 288 g/mol. The predicted octanol–water partition coefficient (Wildman–Crippen LogP) is 0.326. The van der Waals surface area contributed by atoms with E-state index in [9.17, 15) is 9.59 Å². The highest BCUT2D eigenvalue weighted by molar-refractivity contribution is 5.85. The molecule has 0 atom stereocenters. The Balaban J connectivity index is 3.91. The Hall–Kier alpha value is -1.83. The van der Waals surface area contributed by atoms with Gasteiger partial charge in [-0.25, -0.2) is 9.59 Å². The molecule has 0 radical (unpaired) electrons. The van der Waals surface area contributed by atoms with Gasteiger partial charge < -0.3 is 25.9 Å². The maximum atomic E-state index is 11.3. The van der Waals surface area contributed by atoms with Crippen LogP contribution < -0.4 is 16.4 Å². The molecule has 4 N–H and O–H groups in total. The van der Waals surface area contributed by atoms with Crippen LogP contribution in [0, 0.1) is 0 Å². The minimum absolute atomic E-state index is 0.0281. The van der Waals surface area contributed by atoms with Crippen LogP contribution in [0.1, 0.15) is 34.1 Å². The minimum Gasteiger partial charge on any atom is -0.444 e. The van der Waals surface area contributed by atoms with Crippen molar-refractivity contribution in [3.63, 3.8) is 0 Å². The second-order valence-electron chi connectivity index (χ2n) is 5.08. The fourth-order valence-electron chi connectivity index (χ4n) is 1.02. The van der Waals surface area contributed by atoms with Crippen molar-refractivity contribution in [2.45, 2.75) is 39.7 Å². The van der Waals surface area contributed by atoms with Crippen molar-refractivity contribution < 1.29 is 19.2 Å². The van der Waals surface area contributed by atoms with Crippen LogP contribution in [0.15, 0.2) is 5.16 Å². The van der Waals surface area contributed by atoms with E-state index in [1.807, 2.05) is 6.92 Å². The summed E-state index contributed by atoms with van der Waals surface area (Å²) in [4.78, 5) is 27.1. The number of nitrogens with two attached hydrogens (primary N) is 1. The molecule has 1 amide bonds. The summed E-state index contributed by atoms with van der Waals surface area (Å²) in [6.07, 6.45) is 0.296. The molecule has 8 heteroatoms. The second kappa shape index (κ2) is 9.13. The van der Waals surface area contributed by atoms with Crippen LogP contribution in [0.25, 0.3) is 0 Å². The molecule has 0 aliphatic heterocycles. The van der Waals surface area contributed by atoms with Crippen LogP contribution in [0.2, 0.25) is 0 Å². The number of alkyl carbamates (subject to hydrolysis) is 1. The number of amides is 1. The van der Waals surface area contributed by atoms with E-state index in [4.69, 9.17) is 10.5 Å². The van der Waals surface area contributed by atoms with Crippen molar-refractivity contribution in [3.8, 4) is 0 Å². The molecule has 0 aromatic heterocycles. The van der Waals surface area contributed by atoms with Crippen molar-refractivity contribution in [1.82, 2.24) is 10.6 Å². The largest absolute Gasteiger partial charge is 0.444 e. The van der Waals surface area contributed by atoms with E-state index in [2.05, 4.69) is 20.6 Å². The SMILES string of the molecule is CCCNCC(=O)O/N=C(\N)CNC(=O)OC(C)(C)C. The molecule has 0 aromatic rings. The quantitative estimate of drug-likeness (QED) is 0.204. The van der Waals surface area contributed by atoms with Crippen molar-refractivity contribution in [2.75, 3.05) is 19.6 Å². The van der Waals surface area contributed by atoms with Crippen LogP contribution in [0.3, 0.4) is 0 Å². The lowest BCUT2D eigenvalue weighted by Gasteiger charge is -2.19. The zero-order chi connectivity index (χ0) is 15.6. The molecule has 0 rings (SSSR count). The number of amidine groups is 1. The lowest BCUT2D eigenvalue weighted by atomic mass is 10.2. The van der Waals surface area contributed by atoms with Crippen LogP contribution in [0.4, 0.5) is 4.79 Å². The van der Waals surface area contributed by atoms with Crippen molar-refractivity contribution in [2.24, 2.45) is 10.9 Å². The molecule has 0 aliphatic rings. The van der Waals surface area contributed by atoms with Crippen LogP contribution >= 0.6 is 0 Å². The highest BCUT2D eigenvalue weighted by Crippen LogP contribution is 2.05. The zero-order valence-electron chi connectivity index (χ0n) is 12.5. The number of oxime groups is 1. The molecule has 0 saturated heterocycles. The van der Waals surface area contributed by atoms with E-state index < -0.39 is 17.7 Å². The lowest BCUT2D eigenvalue weighted by molar-refractivity contribution is -0.142. The van der Waals surface area contributed by atoms with Gasteiger partial charge in [-0.2, -0.15) is 0 Å². The van der Waals surface area contributed by atoms with Gasteiger partial charge in [0, 0.05) is 0 Å². The standard InChI is InChI=1S/C12H24N4O4/c1-5-6-14-8-10(17)20-16-9(13)7-15-11(18)19-12(2,3)4/h14H,5-8H2,1-4H3,(H2,13,16)(H,15,18). The molecule has 0 bridgehead atoms. The van der Waals surface area contributed by atoms with E-state index in [-0.39, 0.29) is 18.9 Å². The maximum Gasteiger partial charge on any atom is 0.408 e. The Morgan fingerprint density at radius 3 is 2.45 bits per heavy atom. The summed E-state index contributed by atoms with van der Waals surface area (Å²) < 4.78 is 5.00. The number of nitrogens with zero attached hydrogens (tertiary/aromatic N) is 1. The van der Waals surface area contributed by atoms with Crippen molar-refractivity contribution >= 4 is 17.9 Å². The molecule has 0 aliphatic carbocycles.